The average molecular weight is 343 g/mol. The van der Waals surface area contributed by atoms with Crippen molar-refractivity contribution in [3.05, 3.63) is 33.4 Å². The van der Waals surface area contributed by atoms with Crippen molar-refractivity contribution in [3.8, 4) is 0 Å². The van der Waals surface area contributed by atoms with Gasteiger partial charge in [-0.25, -0.2) is 0 Å². The van der Waals surface area contributed by atoms with Crippen LogP contribution in [0.3, 0.4) is 0 Å². The number of carbonyl (C=O) groups is 1. The van der Waals surface area contributed by atoms with Gasteiger partial charge < -0.3 is 4.90 Å². The predicted molar refractivity (Wildman–Crippen MR) is 78.1 cm³/mol. The van der Waals surface area contributed by atoms with Crippen molar-refractivity contribution in [1.29, 1.82) is 0 Å². The first-order valence-corrected chi connectivity index (χ1v) is 7.11. The van der Waals surface area contributed by atoms with Crippen molar-refractivity contribution in [3.63, 3.8) is 0 Å². The molecule has 0 N–H and O–H groups in total. The van der Waals surface area contributed by atoms with Crippen LogP contribution in [-0.4, -0.2) is 23.9 Å². The predicted octanol–water partition coefficient (Wildman–Crippen LogP) is 3.55. The minimum atomic E-state index is 0.175. The van der Waals surface area contributed by atoms with Crippen molar-refractivity contribution in [1.82, 2.24) is 4.90 Å². The van der Waals surface area contributed by atoms with Gasteiger partial charge in [0.15, 0.2) is 0 Å². The van der Waals surface area contributed by atoms with Gasteiger partial charge in [0.25, 0.3) is 5.91 Å². The van der Waals surface area contributed by atoms with Gasteiger partial charge in [0.1, 0.15) is 0 Å². The van der Waals surface area contributed by atoms with Crippen LogP contribution in [0.2, 0.25) is 0 Å². The number of halogens is 1. The van der Waals surface area contributed by atoms with Crippen LogP contribution in [0.5, 0.6) is 0 Å². The van der Waals surface area contributed by atoms with Crippen molar-refractivity contribution in [2.45, 2.75) is 26.7 Å². The molecule has 1 heterocycles. The summed E-state index contributed by atoms with van der Waals surface area (Å²) in [6.45, 7) is 6.24. The molecule has 0 atom stereocenters. The lowest BCUT2D eigenvalue weighted by atomic mass is 9.84. The lowest BCUT2D eigenvalue weighted by Crippen LogP contribution is -2.43. The minimum absolute atomic E-state index is 0.175. The van der Waals surface area contributed by atoms with Gasteiger partial charge in [-0.2, -0.15) is 0 Å². The molecule has 1 fully saturated rings. The average Bonchev–Trinajstić information content (AvgIpc) is 2.28. The summed E-state index contributed by atoms with van der Waals surface area (Å²) in [6, 6.07) is 7.82. The van der Waals surface area contributed by atoms with Crippen LogP contribution in [0, 0.1) is 8.99 Å². The molecule has 1 aliphatic rings. The van der Waals surface area contributed by atoms with E-state index in [2.05, 4.69) is 36.4 Å². The molecular weight excluding hydrogens is 325 g/mol. The molecule has 0 aromatic heterocycles. The van der Waals surface area contributed by atoms with Crippen LogP contribution in [0.15, 0.2) is 24.3 Å². The Bertz CT molecular complexity index is 411. The molecule has 0 unspecified atom stereocenters. The fourth-order valence-electron chi connectivity index (χ4n) is 2.37. The Kier molecular flexibility index (Phi) is 3.76. The van der Waals surface area contributed by atoms with Gasteiger partial charge in [-0.05, 0) is 65.1 Å². The first kappa shape index (κ1) is 12.9. The van der Waals surface area contributed by atoms with E-state index in [1.165, 1.54) is 6.42 Å². The Labute approximate surface area is 117 Å². The fraction of sp³-hybridized carbons (Fsp3) is 0.500. The number of amides is 1. The molecule has 2 nitrogen and oxygen atoms in total. The highest BCUT2D eigenvalue weighted by Crippen LogP contribution is 2.29. The second-order valence-electron chi connectivity index (χ2n) is 5.50. The molecule has 0 aliphatic carbocycles. The van der Waals surface area contributed by atoms with Gasteiger partial charge >= 0.3 is 0 Å². The summed E-state index contributed by atoms with van der Waals surface area (Å²) in [5.74, 6) is 0.175. The van der Waals surface area contributed by atoms with E-state index in [9.17, 15) is 4.79 Å². The standard InChI is InChI=1S/C14H18INO/c1-14(2)8-3-9-16(10-14)13(17)11-4-6-12(15)7-5-11/h4-7H,3,8-10H2,1-2H3. The summed E-state index contributed by atoms with van der Waals surface area (Å²) in [4.78, 5) is 14.3. The Hall–Kier alpha value is -0.580. The summed E-state index contributed by atoms with van der Waals surface area (Å²) < 4.78 is 1.16. The van der Waals surface area contributed by atoms with E-state index in [1.54, 1.807) is 0 Å². The number of hydrogen-bond acceptors (Lipinski definition) is 1. The van der Waals surface area contributed by atoms with Crippen LogP contribution in [0.25, 0.3) is 0 Å². The largest absolute Gasteiger partial charge is 0.338 e. The molecule has 0 bridgehead atoms. The lowest BCUT2D eigenvalue weighted by Gasteiger charge is -2.38. The van der Waals surface area contributed by atoms with Gasteiger partial charge in [0, 0.05) is 22.2 Å². The third-order valence-corrected chi connectivity index (χ3v) is 4.00. The van der Waals surface area contributed by atoms with Gasteiger partial charge in [0.05, 0.1) is 0 Å². The molecule has 1 amide bonds. The van der Waals surface area contributed by atoms with E-state index in [4.69, 9.17) is 0 Å². The quantitative estimate of drug-likeness (QED) is 0.714. The van der Waals surface area contributed by atoms with E-state index in [0.29, 0.717) is 0 Å². The number of likely N-dealkylation sites (tertiary alicyclic amines) is 1. The van der Waals surface area contributed by atoms with Crippen LogP contribution >= 0.6 is 22.6 Å². The smallest absolute Gasteiger partial charge is 0.253 e. The molecule has 1 saturated heterocycles. The number of rotatable bonds is 1. The van der Waals surface area contributed by atoms with Crippen molar-refractivity contribution in [2.24, 2.45) is 5.41 Å². The minimum Gasteiger partial charge on any atom is -0.338 e. The summed E-state index contributed by atoms with van der Waals surface area (Å²) in [6.07, 6.45) is 2.33. The maximum atomic E-state index is 12.3. The molecule has 92 valence electrons. The molecule has 1 aliphatic heterocycles. The molecule has 1 aromatic carbocycles. The first-order chi connectivity index (χ1) is 7.98. The number of hydrogen-bond donors (Lipinski definition) is 0. The third-order valence-electron chi connectivity index (χ3n) is 3.28. The topological polar surface area (TPSA) is 20.3 Å². The molecule has 0 spiro atoms. The van der Waals surface area contributed by atoms with Gasteiger partial charge in [-0.15, -0.1) is 0 Å². The van der Waals surface area contributed by atoms with E-state index < -0.39 is 0 Å². The number of benzene rings is 1. The van der Waals surface area contributed by atoms with Gasteiger partial charge in [-0.1, -0.05) is 13.8 Å². The molecule has 3 heteroatoms. The summed E-state index contributed by atoms with van der Waals surface area (Å²) in [7, 11) is 0. The second-order valence-corrected chi connectivity index (χ2v) is 6.75. The lowest BCUT2D eigenvalue weighted by molar-refractivity contribution is 0.0583. The summed E-state index contributed by atoms with van der Waals surface area (Å²) in [5, 5.41) is 0. The number of piperidine rings is 1. The Morgan fingerprint density at radius 1 is 1.29 bits per heavy atom. The first-order valence-electron chi connectivity index (χ1n) is 6.03. The molecule has 17 heavy (non-hydrogen) atoms. The van der Waals surface area contributed by atoms with E-state index in [0.717, 1.165) is 28.6 Å². The van der Waals surface area contributed by atoms with E-state index in [-0.39, 0.29) is 11.3 Å². The molecule has 0 radical (unpaired) electrons. The molecule has 1 aromatic rings. The normalized spacial score (nSPS) is 19.1. The highest BCUT2D eigenvalue weighted by atomic mass is 127. The Morgan fingerprint density at radius 2 is 1.94 bits per heavy atom. The van der Waals surface area contributed by atoms with Gasteiger partial charge in [0.2, 0.25) is 0 Å². The van der Waals surface area contributed by atoms with Crippen LogP contribution in [-0.2, 0) is 0 Å². The SMILES string of the molecule is CC1(C)CCCN(C(=O)c2ccc(I)cc2)C1. The maximum Gasteiger partial charge on any atom is 0.253 e. The number of carbonyl (C=O) groups excluding carboxylic acids is 1. The zero-order valence-corrected chi connectivity index (χ0v) is 12.5. The zero-order valence-electron chi connectivity index (χ0n) is 10.4. The van der Waals surface area contributed by atoms with E-state index in [1.807, 2.05) is 29.2 Å². The summed E-state index contributed by atoms with van der Waals surface area (Å²) in [5.41, 5.74) is 1.07. The zero-order chi connectivity index (χ0) is 12.5. The maximum absolute atomic E-state index is 12.3. The second kappa shape index (κ2) is 4.96. The highest BCUT2D eigenvalue weighted by Gasteiger charge is 2.29. The number of nitrogens with zero attached hydrogens (tertiary/aromatic N) is 1. The third kappa shape index (κ3) is 3.21. The fourth-order valence-corrected chi connectivity index (χ4v) is 2.73. The molecule has 0 saturated carbocycles. The Morgan fingerprint density at radius 3 is 2.53 bits per heavy atom. The van der Waals surface area contributed by atoms with Crippen molar-refractivity contribution < 1.29 is 4.79 Å². The summed E-state index contributed by atoms with van der Waals surface area (Å²) >= 11 is 2.25. The van der Waals surface area contributed by atoms with Gasteiger partial charge in [-0.3, -0.25) is 4.79 Å². The van der Waals surface area contributed by atoms with Crippen LogP contribution < -0.4 is 0 Å². The monoisotopic (exact) mass is 343 g/mol. The van der Waals surface area contributed by atoms with Crippen molar-refractivity contribution in [2.75, 3.05) is 13.1 Å². The highest BCUT2D eigenvalue weighted by molar-refractivity contribution is 14.1. The van der Waals surface area contributed by atoms with E-state index >= 15 is 0 Å². The Balaban J connectivity index is 2.12. The molecule has 2 rings (SSSR count). The van der Waals surface area contributed by atoms with Crippen LogP contribution in [0.4, 0.5) is 0 Å². The molecular formula is C14H18INO. The van der Waals surface area contributed by atoms with Crippen LogP contribution in [0.1, 0.15) is 37.0 Å². The van der Waals surface area contributed by atoms with Crippen molar-refractivity contribution >= 4 is 28.5 Å².